The van der Waals surface area contributed by atoms with Crippen molar-refractivity contribution in [3.8, 4) is 5.75 Å². The van der Waals surface area contributed by atoms with Crippen LogP contribution in [-0.4, -0.2) is 54.3 Å². The van der Waals surface area contributed by atoms with Crippen LogP contribution in [0.4, 0.5) is 4.79 Å². The molecule has 0 aromatic heterocycles. The van der Waals surface area contributed by atoms with Crippen LogP contribution < -0.4 is 4.74 Å². The van der Waals surface area contributed by atoms with E-state index in [1.54, 1.807) is 7.11 Å². The van der Waals surface area contributed by atoms with Crippen LogP contribution >= 0.6 is 0 Å². The van der Waals surface area contributed by atoms with Crippen LogP contribution in [0.5, 0.6) is 5.75 Å². The van der Waals surface area contributed by atoms with E-state index in [9.17, 15) is 4.79 Å². The molecule has 1 amide bonds. The highest BCUT2D eigenvalue weighted by Crippen LogP contribution is 2.30. The lowest BCUT2D eigenvalue weighted by Gasteiger charge is -2.41. The van der Waals surface area contributed by atoms with Crippen LogP contribution in [0.25, 0.3) is 0 Å². The number of carbonyl (C=O) groups excluding carboxylic acids is 1. The Morgan fingerprint density at radius 1 is 1.16 bits per heavy atom. The van der Waals surface area contributed by atoms with Crippen molar-refractivity contribution in [2.75, 3.05) is 26.7 Å². The molecule has 1 saturated heterocycles. The predicted octanol–water partition coefficient (Wildman–Crippen LogP) is 3.45. The van der Waals surface area contributed by atoms with Crippen LogP contribution in [0.15, 0.2) is 18.2 Å². The summed E-state index contributed by atoms with van der Waals surface area (Å²) in [5, 5.41) is 0. The molecule has 0 radical (unpaired) electrons. The van der Waals surface area contributed by atoms with Crippen molar-refractivity contribution in [3.63, 3.8) is 0 Å². The number of nitrogens with zero attached hydrogens (tertiary/aromatic N) is 2. The Balaban J connectivity index is 1.56. The zero-order chi connectivity index (χ0) is 18.0. The van der Waals surface area contributed by atoms with Gasteiger partial charge in [0.05, 0.1) is 7.11 Å². The van der Waals surface area contributed by atoms with Gasteiger partial charge in [0.1, 0.15) is 11.4 Å². The molecule has 1 aromatic carbocycles. The lowest BCUT2D eigenvalue weighted by atomic mass is 9.95. The largest absolute Gasteiger partial charge is 0.496 e. The summed E-state index contributed by atoms with van der Waals surface area (Å²) in [7, 11) is 1.74. The highest BCUT2D eigenvalue weighted by atomic mass is 16.6. The summed E-state index contributed by atoms with van der Waals surface area (Å²) in [5.41, 5.74) is 2.30. The van der Waals surface area contributed by atoms with Gasteiger partial charge in [-0.3, -0.25) is 4.90 Å². The van der Waals surface area contributed by atoms with Gasteiger partial charge in [0.2, 0.25) is 0 Å². The maximum Gasteiger partial charge on any atom is 0.410 e. The minimum atomic E-state index is -0.427. The number of amides is 1. The predicted molar refractivity (Wildman–Crippen MR) is 97.9 cm³/mol. The molecule has 0 saturated carbocycles. The highest BCUT2D eigenvalue weighted by Gasteiger charge is 2.31. The molecule has 0 N–H and O–H groups in total. The first kappa shape index (κ1) is 18.1. The Kier molecular flexibility index (Phi) is 5.23. The van der Waals surface area contributed by atoms with E-state index in [-0.39, 0.29) is 6.09 Å². The second-order valence-electron chi connectivity index (χ2n) is 8.02. The van der Waals surface area contributed by atoms with E-state index < -0.39 is 5.60 Å². The molecule has 0 atom stereocenters. The van der Waals surface area contributed by atoms with E-state index >= 15 is 0 Å². The van der Waals surface area contributed by atoms with Crippen molar-refractivity contribution < 1.29 is 14.3 Å². The topological polar surface area (TPSA) is 42.0 Å². The molecule has 5 nitrogen and oxygen atoms in total. The van der Waals surface area contributed by atoms with Gasteiger partial charge in [-0.25, -0.2) is 4.79 Å². The standard InChI is InChI=1S/C20H30N2O3/c1-20(2,3)25-19(23)21-11-8-16(9-12-21)22-13-10-17-15(14-22)6-5-7-18(17)24-4/h5-7,16H,8-14H2,1-4H3. The van der Waals surface area contributed by atoms with Crippen LogP contribution in [0.3, 0.4) is 0 Å². The molecule has 0 unspecified atom stereocenters. The fourth-order valence-corrected chi connectivity index (χ4v) is 3.84. The summed E-state index contributed by atoms with van der Waals surface area (Å²) >= 11 is 0. The van der Waals surface area contributed by atoms with E-state index in [4.69, 9.17) is 9.47 Å². The summed E-state index contributed by atoms with van der Waals surface area (Å²) in [4.78, 5) is 16.6. The van der Waals surface area contributed by atoms with Gasteiger partial charge in [0.25, 0.3) is 0 Å². The molecule has 3 rings (SSSR count). The lowest BCUT2D eigenvalue weighted by Crippen LogP contribution is -2.49. The van der Waals surface area contributed by atoms with E-state index in [0.29, 0.717) is 6.04 Å². The molecule has 1 fully saturated rings. The SMILES string of the molecule is COc1cccc2c1CCN(C1CCN(C(=O)OC(C)(C)C)CC1)C2. The fourth-order valence-electron chi connectivity index (χ4n) is 3.84. The molecule has 2 aliphatic heterocycles. The maximum absolute atomic E-state index is 12.2. The van der Waals surface area contributed by atoms with Crippen molar-refractivity contribution in [2.45, 2.75) is 58.2 Å². The van der Waals surface area contributed by atoms with Gasteiger partial charge in [-0.05, 0) is 57.2 Å². The van der Waals surface area contributed by atoms with E-state index in [1.165, 1.54) is 11.1 Å². The molecule has 138 valence electrons. The maximum atomic E-state index is 12.2. The van der Waals surface area contributed by atoms with Crippen molar-refractivity contribution in [1.29, 1.82) is 0 Å². The van der Waals surface area contributed by atoms with Crippen LogP contribution in [0.1, 0.15) is 44.7 Å². The van der Waals surface area contributed by atoms with Crippen LogP contribution in [-0.2, 0) is 17.7 Å². The van der Waals surface area contributed by atoms with Gasteiger partial charge in [0.15, 0.2) is 0 Å². The molecule has 25 heavy (non-hydrogen) atoms. The average molecular weight is 346 g/mol. The molecule has 1 aromatic rings. The number of ether oxygens (including phenoxy) is 2. The molecule has 2 aliphatic rings. The smallest absolute Gasteiger partial charge is 0.410 e. The molecule has 2 heterocycles. The van der Waals surface area contributed by atoms with Gasteiger partial charge in [-0.1, -0.05) is 12.1 Å². The monoisotopic (exact) mass is 346 g/mol. The van der Waals surface area contributed by atoms with Crippen molar-refractivity contribution in [2.24, 2.45) is 0 Å². The zero-order valence-corrected chi connectivity index (χ0v) is 15.9. The average Bonchev–Trinajstić information content (AvgIpc) is 2.59. The van der Waals surface area contributed by atoms with Crippen molar-refractivity contribution in [1.82, 2.24) is 9.80 Å². The Morgan fingerprint density at radius 3 is 2.52 bits per heavy atom. The number of likely N-dealkylation sites (tertiary alicyclic amines) is 1. The quantitative estimate of drug-likeness (QED) is 0.822. The second-order valence-corrected chi connectivity index (χ2v) is 8.02. The van der Waals surface area contributed by atoms with E-state index in [1.807, 2.05) is 31.7 Å². The van der Waals surface area contributed by atoms with Crippen LogP contribution in [0, 0.1) is 0 Å². The molecule has 0 aliphatic carbocycles. The van der Waals surface area contributed by atoms with Crippen molar-refractivity contribution in [3.05, 3.63) is 29.3 Å². The molecular formula is C20H30N2O3. The lowest BCUT2D eigenvalue weighted by molar-refractivity contribution is 0.0133. The second kappa shape index (κ2) is 7.24. The number of benzene rings is 1. The number of piperidine rings is 1. The van der Waals surface area contributed by atoms with Gasteiger partial charge in [-0.15, -0.1) is 0 Å². The van der Waals surface area contributed by atoms with Gasteiger partial charge in [0, 0.05) is 32.2 Å². The first-order chi connectivity index (χ1) is 11.9. The Labute approximate surface area is 150 Å². The van der Waals surface area contributed by atoms with E-state index in [0.717, 1.165) is 51.2 Å². The van der Waals surface area contributed by atoms with Gasteiger partial charge >= 0.3 is 6.09 Å². The molecular weight excluding hydrogens is 316 g/mol. The summed E-state index contributed by atoms with van der Waals surface area (Å²) in [5.74, 6) is 1.01. The number of carbonyl (C=O) groups is 1. The number of rotatable bonds is 2. The minimum Gasteiger partial charge on any atom is -0.496 e. The Bertz CT molecular complexity index is 616. The van der Waals surface area contributed by atoms with Gasteiger partial charge < -0.3 is 14.4 Å². The third kappa shape index (κ3) is 4.27. The number of hydrogen-bond acceptors (Lipinski definition) is 4. The molecule has 5 heteroatoms. The Hall–Kier alpha value is -1.75. The Morgan fingerprint density at radius 2 is 1.88 bits per heavy atom. The number of methoxy groups -OCH3 is 1. The first-order valence-electron chi connectivity index (χ1n) is 9.24. The summed E-state index contributed by atoms with van der Waals surface area (Å²) in [6, 6.07) is 6.87. The third-order valence-electron chi connectivity index (χ3n) is 5.10. The van der Waals surface area contributed by atoms with Crippen LogP contribution in [0.2, 0.25) is 0 Å². The third-order valence-corrected chi connectivity index (χ3v) is 5.10. The molecule has 0 spiro atoms. The summed E-state index contributed by atoms with van der Waals surface area (Å²) in [6.07, 6.45) is 2.88. The van der Waals surface area contributed by atoms with Crippen molar-refractivity contribution >= 4 is 6.09 Å². The summed E-state index contributed by atoms with van der Waals surface area (Å²) in [6.45, 7) is 9.33. The zero-order valence-electron chi connectivity index (χ0n) is 15.9. The fraction of sp³-hybridized carbons (Fsp3) is 0.650. The minimum absolute atomic E-state index is 0.181. The molecule has 0 bridgehead atoms. The highest BCUT2D eigenvalue weighted by molar-refractivity contribution is 5.68. The number of fused-ring (bicyclic) bond motifs is 1. The van der Waals surface area contributed by atoms with E-state index in [2.05, 4.69) is 17.0 Å². The normalized spacial score (nSPS) is 19.4. The first-order valence-corrected chi connectivity index (χ1v) is 9.24. The summed E-state index contributed by atoms with van der Waals surface area (Å²) < 4.78 is 11.0. The number of hydrogen-bond donors (Lipinski definition) is 0. The van der Waals surface area contributed by atoms with Gasteiger partial charge in [-0.2, -0.15) is 0 Å².